The first-order chi connectivity index (χ1) is 12.0. The van der Waals surface area contributed by atoms with Gasteiger partial charge in [0.1, 0.15) is 5.75 Å². The zero-order valence-corrected chi connectivity index (χ0v) is 15.7. The Morgan fingerprint density at radius 1 is 1.20 bits per heavy atom. The summed E-state index contributed by atoms with van der Waals surface area (Å²) in [6, 6.07) is 7.56. The number of amides is 1. The van der Waals surface area contributed by atoms with Gasteiger partial charge in [0.05, 0.1) is 19.6 Å². The highest BCUT2D eigenvalue weighted by molar-refractivity contribution is 5.92. The SMILES string of the molecule is CCCCN(CC(C)C(=O)OC)C(=O)/C=C/c1ccc(OCC)cc1. The van der Waals surface area contributed by atoms with Crippen LogP contribution in [0.5, 0.6) is 5.75 Å². The van der Waals surface area contributed by atoms with Gasteiger partial charge in [0.15, 0.2) is 0 Å². The minimum atomic E-state index is -0.343. The maximum atomic E-state index is 12.5. The van der Waals surface area contributed by atoms with Crippen molar-refractivity contribution in [1.82, 2.24) is 4.90 Å². The molecule has 0 radical (unpaired) electrons. The van der Waals surface area contributed by atoms with Crippen molar-refractivity contribution in [3.05, 3.63) is 35.9 Å². The number of methoxy groups -OCH3 is 1. The third-order valence-electron chi connectivity index (χ3n) is 3.80. The van der Waals surface area contributed by atoms with E-state index >= 15 is 0 Å². The summed E-state index contributed by atoms with van der Waals surface area (Å²) in [5.41, 5.74) is 0.924. The first-order valence-electron chi connectivity index (χ1n) is 8.79. The number of hydrogen-bond acceptors (Lipinski definition) is 4. The molecule has 0 heterocycles. The highest BCUT2D eigenvalue weighted by Crippen LogP contribution is 2.13. The fourth-order valence-electron chi connectivity index (χ4n) is 2.36. The highest BCUT2D eigenvalue weighted by atomic mass is 16.5. The lowest BCUT2D eigenvalue weighted by atomic mass is 10.1. The molecule has 0 aromatic heterocycles. The molecule has 0 N–H and O–H groups in total. The van der Waals surface area contributed by atoms with Crippen molar-refractivity contribution in [2.75, 3.05) is 26.8 Å². The van der Waals surface area contributed by atoms with Gasteiger partial charge in [-0.2, -0.15) is 0 Å². The summed E-state index contributed by atoms with van der Waals surface area (Å²) >= 11 is 0. The number of ether oxygens (including phenoxy) is 2. The van der Waals surface area contributed by atoms with Gasteiger partial charge in [0.25, 0.3) is 0 Å². The predicted molar refractivity (Wildman–Crippen MR) is 99.3 cm³/mol. The molecule has 1 aromatic rings. The third-order valence-corrected chi connectivity index (χ3v) is 3.80. The Labute approximate surface area is 150 Å². The minimum Gasteiger partial charge on any atom is -0.494 e. The maximum Gasteiger partial charge on any atom is 0.310 e. The lowest BCUT2D eigenvalue weighted by molar-refractivity contribution is -0.146. The molecule has 0 aliphatic rings. The van der Waals surface area contributed by atoms with Crippen LogP contribution in [0.1, 0.15) is 39.2 Å². The van der Waals surface area contributed by atoms with Crippen LogP contribution in [0, 0.1) is 5.92 Å². The van der Waals surface area contributed by atoms with Crippen LogP contribution in [-0.4, -0.2) is 43.6 Å². The average molecular weight is 347 g/mol. The fourth-order valence-corrected chi connectivity index (χ4v) is 2.36. The molecule has 5 nitrogen and oxygen atoms in total. The number of rotatable bonds is 10. The number of unbranched alkanes of at least 4 members (excludes halogenated alkanes) is 1. The van der Waals surface area contributed by atoms with Crippen molar-refractivity contribution in [1.29, 1.82) is 0 Å². The second kappa shape index (κ2) is 11.3. The Morgan fingerprint density at radius 2 is 1.88 bits per heavy atom. The molecule has 0 spiro atoms. The van der Waals surface area contributed by atoms with Gasteiger partial charge in [-0.05, 0) is 37.1 Å². The van der Waals surface area contributed by atoms with E-state index in [9.17, 15) is 9.59 Å². The van der Waals surface area contributed by atoms with E-state index in [0.29, 0.717) is 19.7 Å². The summed E-state index contributed by atoms with van der Waals surface area (Å²) in [7, 11) is 1.36. The zero-order valence-electron chi connectivity index (χ0n) is 15.7. The van der Waals surface area contributed by atoms with Crippen molar-refractivity contribution in [3.63, 3.8) is 0 Å². The van der Waals surface area contributed by atoms with E-state index in [0.717, 1.165) is 24.2 Å². The molecule has 5 heteroatoms. The maximum absolute atomic E-state index is 12.5. The Hall–Kier alpha value is -2.30. The zero-order chi connectivity index (χ0) is 18.7. The summed E-state index contributed by atoms with van der Waals surface area (Å²) in [6.45, 7) is 7.39. The van der Waals surface area contributed by atoms with Gasteiger partial charge < -0.3 is 14.4 Å². The second-order valence-electron chi connectivity index (χ2n) is 5.90. The van der Waals surface area contributed by atoms with E-state index in [-0.39, 0.29) is 17.8 Å². The number of esters is 1. The lowest BCUT2D eigenvalue weighted by Crippen LogP contribution is -2.37. The van der Waals surface area contributed by atoms with Gasteiger partial charge in [0.2, 0.25) is 5.91 Å². The van der Waals surface area contributed by atoms with Crippen LogP contribution in [0.3, 0.4) is 0 Å². The van der Waals surface area contributed by atoms with E-state index in [1.807, 2.05) is 31.2 Å². The van der Waals surface area contributed by atoms with Crippen LogP contribution >= 0.6 is 0 Å². The van der Waals surface area contributed by atoms with Gasteiger partial charge >= 0.3 is 5.97 Å². The molecule has 138 valence electrons. The molecular formula is C20H29NO4. The molecule has 1 rings (SSSR count). The third kappa shape index (κ3) is 7.42. The van der Waals surface area contributed by atoms with E-state index in [1.54, 1.807) is 24.0 Å². The Morgan fingerprint density at radius 3 is 2.44 bits per heavy atom. The van der Waals surface area contributed by atoms with Gasteiger partial charge in [-0.15, -0.1) is 0 Å². The first-order valence-corrected chi connectivity index (χ1v) is 8.79. The van der Waals surface area contributed by atoms with Crippen LogP contribution < -0.4 is 4.74 Å². The van der Waals surface area contributed by atoms with Crippen molar-refractivity contribution in [2.45, 2.75) is 33.6 Å². The molecule has 0 saturated carbocycles. The molecule has 1 unspecified atom stereocenters. The minimum absolute atomic E-state index is 0.0990. The molecule has 25 heavy (non-hydrogen) atoms. The number of hydrogen-bond donors (Lipinski definition) is 0. The quantitative estimate of drug-likeness (QED) is 0.480. The molecule has 0 aliphatic carbocycles. The van der Waals surface area contributed by atoms with Gasteiger partial charge in [-0.1, -0.05) is 32.4 Å². The first kappa shape index (κ1) is 20.7. The van der Waals surface area contributed by atoms with Crippen LogP contribution in [0.25, 0.3) is 6.08 Å². The van der Waals surface area contributed by atoms with Crippen LogP contribution in [0.2, 0.25) is 0 Å². The van der Waals surface area contributed by atoms with Gasteiger partial charge in [-0.25, -0.2) is 0 Å². The number of carbonyl (C=O) groups excluding carboxylic acids is 2. The fraction of sp³-hybridized carbons (Fsp3) is 0.500. The summed E-state index contributed by atoms with van der Waals surface area (Å²) in [5, 5.41) is 0. The summed E-state index contributed by atoms with van der Waals surface area (Å²) in [5.74, 6) is 0.0648. The van der Waals surface area contributed by atoms with Gasteiger partial charge in [-0.3, -0.25) is 9.59 Å². The van der Waals surface area contributed by atoms with Crippen molar-refractivity contribution >= 4 is 18.0 Å². The Kier molecular flexibility index (Phi) is 9.37. The smallest absolute Gasteiger partial charge is 0.310 e. The summed E-state index contributed by atoms with van der Waals surface area (Å²) < 4.78 is 10.2. The number of carbonyl (C=O) groups is 2. The standard InChI is InChI=1S/C20H29NO4/c1-5-7-14-21(15-16(3)20(23)24-4)19(22)13-10-17-8-11-18(12-9-17)25-6-2/h8-13,16H,5-7,14-15H2,1-4H3/b13-10+. The lowest BCUT2D eigenvalue weighted by Gasteiger charge is -2.23. The van der Waals surface area contributed by atoms with Crippen LogP contribution in [0.4, 0.5) is 0 Å². The largest absolute Gasteiger partial charge is 0.494 e. The predicted octanol–water partition coefficient (Wildman–Crippen LogP) is 3.54. The Bertz CT molecular complexity index is 566. The van der Waals surface area contributed by atoms with E-state index in [4.69, 9.17) is 9.47 Å². The van der Waals surface area contributed by atoms with Gasteiger partial charge in [0, 0.05) is 19.2 Å². The molecule has 1 amide bonds. The normalized spacial score (nSPS) is 12.0. The van der Waals surface area contributed by atoms with Crippen molar-refractivity contribution in [2.24, 2.45) is 5.92 Å². The topological polar surface area (TPSA) is 55.8 Å². The molecular weight excluding hydrogens is 318 g/mol. The van der Waals surface area contributed by atoms with E-state index in [1.165, 1.54) is 7.11 Å². The molecule has 1 atom stereocenters. The van der Waals surface area contributed by atoms with Crippen molar-refractivity contribution in [3.8, 4) is 5.75 Å². The molecule has 0 fully saturated rings. The molecule has 0 saturated heterocycles. The highest BCUT2D eigenvalue weighted by Gasteiger charge is 2.19. The van der Waals surface area contributed by atoms with E-state index in [2.05, 4.69) is 6.92 Å². The summed E-state index contributed by atoms with van der Waals surface area (Å²) in [6.07, 6.45) is 5.21. The average Bonchev–Trinajstić information content (AvgIpc) is 2.63. The van der Waals surface area contributed by atoms with Crippen LogP contribution in [0.15, 0.2) is 30.3 Å². The second-order valence-corrected chi connectivity index (χ2v) is 5.90. The van der Waals surface area contributed by atoms with Crippen LogP contribution in [-0.2, 0) is 14.3 Å². The Balaban J connectivity index is 2.73. The summed E-state index contributed by atoms with van der Waals surface area (Å²) in [4.78, 5) is 25.8. The van der Waals surface area contributed by atoms with E-state index < -0.39 is 0 Å². The monoisotopic (exact) mass is 347 g/mol. The molecule has 1 aromatic carbocycles. The number of benzene rings is 1. The molecule has 0 aliphatic heterocycles. The van der Waals surface area contributed by atoms with Crippen molar-refractivity contribution < 1.29 is 19.1 Å². The number of nitrogens with zero attached hydrogens (tertiary/aromatic N) is 1. The molecule has 0 bridgehead atoms.